The van der Waals surface area contributed by atoms with E-state index in [0.29, 0.717) is 0 Å². The van der Waals surface area contributed by atoms with Gasteiger partial charge in [0.1, 0.15) is 5.69 Å². The van der Waals surface area contributed by atoms with Crippen LogP contribution in [0.5, 0.6) is 0 Å². The number of pyridine rings is 1. The second kappa shape index (κ2) is 3.44. The molecule has 0 amide bonds. The van der Waals surface area contributed by atoms with Crippen molar-refractivity contribution in [2.75, 3.05) is 0 Å². The van der Waals surface area contributed by atoms with Crippen LogP contribution in [0.4, 0.5) is 0 Å². The molecule has 0 fully saturated rings. The van der Waals surface area contributed by atoms with Crippen molar-refractivity contribution in [2.24, 2.45) is 0 Å². The van der Waals surface area contributed by atoms with Crippen LogP contribution in [0.15, 0.2) is 41.1 Å². The molecule has 2 rings (SSSR count). The second-order valence-electron chi connectivity index (χ2n) is 2.88. The van der Waals surface area contributed by atoms with E-state index < -0.39 is 0 Å². The van der Waals surface area contributed by atoms with Crippen LogP contribution in [0, 0.1) is 0 Å². The van der Waals surface area contributed by atoms with E-state index in [0.717, 1.165) is 17.9 Å². The molecule has 0 aliphatic rings. The Morgan fingerprint density at radius 3 is 2.77 bits per heavy atom. The Labute approximate surface area is 77.2 Å². The Kier molecular flexibility index (Phi) is 2.13. The molecule has 2 aromatic heterocycles. The van der Waals surface area contributed by atoms with Crippen LogP contribution in [-0.4, -0.2) is 4.98 Å². The topological polar surface area (TPSA) is 26.0 Å². The third-order valence-electron chi connectivity index (χ3n) is 2.01. The fourth-order valence-electron chi connectivity index (χ4n) is 1.20. The molecule has 0 atom stereocenters. The molecule has 0 unspecified atom stereocenters. The van der Waals surface area contributed by atoms with E-state index in [2.05, 4.69) is 18.0 Å². The van der Waals surface area contributed by atoms with Crippen LogP contribution >= 0.6 is 0 Å². The van der Waals surface area contributed by atoms with Crippen molar-refractivity contribution in [3.63, 3.8) is 0 Å². The van der Waals surface area contributed by atoms with Crippen molar-refractivity contribution in [1.29, 1.82) is 0 Å². The number of nitrogens with zero attached hydrogens (tertiary/aromatic N) is 1. The van der Waals surface area contributed by atoms with Crippen LogP contribution in [0.3, 0.4) is 0 Å². The van der Waals surface area contributed by atoms with Gasteiger partial charge in [0, 0.05) is 6.20 Å². The zero-order valence-corrected chi connectivity index (χ0v) is 7.53. The van der Waals surface area contributed by atoms with Crippen molar-refractivity contribution in [2.45, 2.75) is 13.3 Å². The lowest BCUT2D eigenvalue weighted by atomic mass is 10.2. The molecule has 2 heterocycles. The Hall–Kier alpha value is -1.57. The fraction of sp³-hybridized carbons (Fsp3) is 0.182. The van der Waals surface area contributed by atoms with Gasteiger partial charge in [-0.05, 0) is 30.2 Å². The van der Waals surface area contributed by atoms with Gasteiger partial charge in [0.15, 0.2) is 5.76 Å². The van der Waals surface area contributed by atoms with E-state index >= 15 is 0 Å². The lowest BCUT2D eigenvalue weighted by Crippen LogP contribution is -1.84. The summed E-state index contributed by atoms with van der Waals surface area (Å²) in [6, 6.07) is 7.83. The summed E-state index contributed by atoms with van der Waals surface area (Å²) in [4.78, 5) is 4.30. The first-order chi connectivity index (χ1) is 6.40. The third kappa shape index (κ3) is 1.61. The number of rotatable bonds is 2. The molecule has 0 aromatic carbocycles. The molecule has 0 N–H and O–H groups in total. The van der Waals surface area contributed by atoms with E-state index in [-0.39, 0.29) is 0 Å². The molecule has 0 aliphatic heterocycles. The molecule has 0 bridgehead atoms. The first-order valence-electron chi connectivity index (χ1n) is 4.39. The molecule has 0 saturated heterocycles. The minimum atomic E-state index is 0.822. The molecular weight excluding hydrogens is 162 g/mol. The standard InChI is InChI=1S/C11H11NO/c1-2-9-5-6-10(12-8-9)11-4-3-7-13-11/h3-8H,2H2,1H3. The van der Waals surface area contributed by atoms with Crippen molar-refractivity contribution in [3.8, 4) is 11.5 Å². The zero-order chi connectivity index (χ0) is 9.10. The first-order valence-corrected chi connectivity index (χ1v) is 4.39. The molecular formula is C11H11NO. The highest BCUT2D eigenvalue weighted by molar-refractivity contribution is 5.51. The minimum Gasteiger partial charge on any atom is -0.463 e. The Balaban J connectivity index is 2.33. The van der Waals surface area contributed by atoms with E-state index in [1.165, 1.54) is 5.56 Å². The third-order valence-corrected chi connectivity index (χ3v) is 2.01. The van der Waals surface area contributed by atoms with Crippen molar-refractivity contribution < 1.29 is 4.42 Å². The number of hydrogen-bond acceptors (Lipinski definition) is 2. The maximum Gasteiger partial charge on any atom is 0.152 e. The molecule has 2 heteroatoms. The molecule has 66 valence electrons. The van der Waals surface area contributed by atoms with Crippen LogP contribution in [0.25, 0.3) is 11.5 Å². The largest absolute Gasteiger partial charge is 0.463 e. The zero-order valence-electron chi connectivity index (χ0n) is 7.53. The van der Waals surface area contributed by atoms with Gasteiger partial charge < -0.3 is 4.42 Å². The smallest absolute Gasteiger partial charge is 0.152 e. The molecule has 2 aromatic rings. The van der Waals surface area contributed by atoms with Gasteiger partial charge in [-0.25, -0.2) is 0 Å². The summed E-state index contributed by atoms with van der Waals surface area (Å²) >= 11 is 0. The highest BCUT2D eigenvalue weighted by atomic mass is 16.3. The molecule has 0 radical (unpaired) electrons. The summed E-state index contributed by atoms with van der Waals surface area (Å²) in [6.45, 7) is 2.11. The van der Waals surface area contributed by atoms with E-state index in [1.54, 1.807) is 6.26 Å². The maximum atomic E-state index is 5.23. The van der Waals surface area contributed by atoms with Crippen molar-refractivity contribution in [1.82, 2.24) is 4.98 Å². The highest BCUT2D eigenvalue weighted by Gasteiger charge is 2.00. The van der Waals surface area contributed by atoms with Gasteiger partial charge in [0.05, 0.1) is 6.26 Å². The van der Waals surface area contributed by atoms with Gasteiger partial charge in [0.25, 0.3) is 0 Å². The van der Waals surface area contributed by atoms with Gasteiger partial charge in [-0.3, -0.25) is 4.98 Å². The van der Waals surface area contributed by atoms with Gasteiger partial charge in [-0.2, -0.15) is 0 Å². The first kappa shape index (κ1) is 8.05. The molecule has 13 heavy (non-hydrogen) atoms. The van der Waals surface area contributed by atoms with Crippen LogP contribution < -0.4 is 0 Å². The SMILES string of the molecule is CCc1ccc(-c2ccco2)nc1. The Morgan fingerprint density at radius 2 is 2.23 bits per heavy atom. The Bertz CT molecular complexity index is 361. The summed E-state index contributed by atoms with van der Waals surface area (Å²) in [5.74, 6) is 0.822. The monoisotopic (exact) mass is 173 g/mol. The quantitative estimate of drug-likeness (QED) is 0.697. The molecule has 0 aliphatic carbocycles. The Morgan fingerprint density at radius 1 is 1.31 bits per heavy atom. The van der Waals surface area contributed by atoms with Crippen LogP contribution in [0.1, 0.15) is 12.5 Å². The lowest BCUT2D eigenvalue weighted by molar-refractivity contribution is 0.580. The van der Waals surface area contributed by atoms with E-state index in [1.807, 2.05) is 24.4 Å². The predicted molar refractivity (Wildman–Crippen MR) is 51.3 cm³/mol. The highest BCUT2D eigenvalue weighted by Crippen LogP contribution is 2.16. The predicted octanol–water partition coefficient (Wildman–Crippen LogP) is 2.90. The van der Waals surface area contributed by atoms with Crippen LogP contribution in [0.2, 0.25) is 0 Å². The maximum absolute atomic E-state index is 5.23. The van der Waals surface area contributed by atoms with Gasteiger partial charge in [0.2, 0.25) is 0 Å². The second-order valence-corrected chi connectivity index (χ2v) is 2.88. The summed E-state index contributed by atoms with van der Waals surface area (Å²) in [5.41, 5.74) is 2.14. The average Bonchev–Trinajstić information content (AvgIpc) is 2.71. The minimum absolute atomic E-state index is 0.822. The van der Waals surface area contributed by atoms with Gasteiger partial charge in [-0.15, -0.1) is 0 Å². The van der Waals surface area contributed by atoms with Crippen molar-refractivity contribution in [3.05, 3.63) is 42.3 Å². The summed E-state index contributed by atoms with van der Waals surface area (Å²) in [6.07, 6.45) is 4.56. The summed E-state index contributed by atoms with van der Waals surface area (Å²) in [5, 5.41) is 0. The fourth-order valence-corrected chi connectivity index (χ4v) is 1.20. The number of furan rings is 1. The average molecular weight is 173 g/mol. The normalized spacial score (nSPS) is 10.2. The van der Waals surface area contributed by atoms with Crippen LogP contribution in [-0.2, 0) is 6.42 Å². The lowest BCUT2D eigenvalue weighted by Gasteiger charge is -1.97. The summed E-state index contributed by atoms with van der Waals surface area (Å²) < 4.78 is 5.23. The van der Waals surface area contributed by atoms with E-state index in [4.69, 9.17) is 4.42 Å². The van der Waals surface area contributed by atoms with Gasteiger partial charge in [-0.1, -0.05) is 13.0 Å². The number of hydrogen-bond donors (Lipinski definition) is 0. The molecule has 2 nitrogen and oxygen atoms in total. The molecule has 0 spiro atoms. The summed E-state index contributed by atoms with van der Waals surface area (Å²) in [7, 11) is 0. The van der Waals surface area contributed by atoms with Gasteiger partial charge >= 0.3 is 0 Å². The van der Waals surface area contributed by atoms with Crippen molar-refractivity contribution >= 4 is 0 Å². The number of aryl methyl sites for hydroxylation is 1. The molecule has 0 saturated carbocycles. The number of aromatic nitrogens is 1. The van der Waals surface area contributed by atoms with E-state index in [9.17, 15) is 0 Å².